The molecule has 2 atom stereocenters. The van der Waals surface area contributed by atoms with E-state index in [9.17, 15) is 0 Å². The van der Waals surface area contributed by atoms with Crippen LogP contribution in [0.25, 0.3) is 0 Å². The summed E-state index contributed by atoms with van der Waals surface area (Å²) in [7, 11) is 1.67. The average molecular weight is 284 g/mol. The maximum atomic E-state index is 6.21. The number of hydrogen-bond donors (Lipinski definition) is 1. The lowest BCUT2D eigenvalue weighted by molar-refractivity contribution is 0.0872. The smallest absolute Gasteiger partial charge is 0.124 e. The maximum Gasteiger partial charge on any atom is 0.124 e. The Balaban J connectivity index is 1.89. The van der Waals surface area contributed by atoms with Crippen LogP contribution >= 0.6 is 11.6 Å². The lowest BCUT2D eigenvalue weighted by Gasteiger charge is -2.18. The fraction of sp³-hybridized carbons (Fsp3) is 0.600. The van der Waals surface area contributed by atoms with Crippen molar-refractivity contribution in [3.8, 4) is 5.75 Å². The molecule has 2 rings (SSSR count). The largest absolute Gasteiger partial charge is 0.496 e. The van der Waals surface area contributed by atoms with Gasteiger partial charge >= 0.3 is 0 Å². The zero-order valence-corrected chi connectivity index (χ0v) is 12.4. The molecule has 1 fully saturated rings. The second-order valence-corrected chi connectivity index (χ2v) is 5.32. The van der Waals surface area contributed by atoms with E-state index in [1.54, 1.807) is 7.11 Å². The van der Waals surface area contributed by atoms with Crippen molar-refractivity contribution in [2.75, 3.05) is 20.3 Å². The lowest BCUT2D eigenvalue weighted by atomic mass is 9.99. The standard InChI is InChI=1S/C15H22ClNO2/c1-3-14-11(7-8-19-14)9-17-10-12-13(16)5-4-6-15(12)18-2/h4-6,11,14,17H,3,7-10H2,1-2H3. The number of halogens is 1. The van der Waals surface area contributed by atoms with Gasteiger partial charge in [0.05, 0.1) is 13.2 Å². The summed E-state index contributed by atoms with van der Waals surface area (Å²) in [6, 6.07) is 5.74. The Morgan fingerprint density at radius 3 is 3.05 bits per heavy atom. The van der Waals surface area contributed by atoms with Crippen LogP contribution in [0.2, 0.25) is 5.02 Å². The predicted molar refractivity (Wildman–Crippen MR) is 77.8 cm³/mol. The molecule has 0 bridgehead atoms. The van der Waals surface area contributed by atoms with Gasteiger partial charge in [0, 0.05) is 30.3 Å². The molecule has 19 heavy (non-hydrogen) atoms. The van der Waals surface area contributed by atoms with Gasteiger partial charge in [0.15, 0.2) is 0 Å². The van der Waals surface area contributed by atoms with Gasteiger partial charge in [-0.1, -0.05) is 24.6 Å². The summed E-state index contributed by atoms with van der Waals surface area (Å²) in [4.78, 5) is 0. The van der Waals surface area contributed by atoms with Crippen LogP contribution < -0.4 is 10.1 Å². The summed E-state index contributed by atoms with van der Waals surface area (Å²) < 4.78 is 11.0. The highest BCUT2D eigenvalue weighted by Crippen LogP contribution is 2.27. The molecule has 1 aliphatic rings. The maximum absolute atomic E-state index is 6.21. The van der Waals surface area contributed by atoms with Crippen molar-refractivity contribution in [3.63, 3.8) is 0 Å². The van der Waals surface area contributed by atoms with E-state index in [2.05, 4.69) is 12.2 Å². The normalized spacial score (nSPS) is 22.7. The zero-order valence-electron chi connectivity index (χ0n) is 11.6. The number of rotatable bonds is 6. The number of nitrogens with one attached hydrogen (secondary N) is 1. The molecular weight excluding hydrogens is 262 g/mol. The van der Waals surface area contributed by atoms with Crippen molar-refractivity contribution in [3.05, 3.63) is 28.8 Å². The fourth-order valence-electron chi connectivity index (χ4n) is 2.66. The third kappa shape index (κ3) is 3.62. The molecule has 1 N–H and O–H groups in total. The Labute approximate surface area is 120 Å². The van der Waals surface area contributed by atoms with Crippen LogP contribution in [0.1, 0.15) is 25.3 Å². The summed E-state index contributed by atoms with van der Waals surface area (Å²) in [6.07, 6.45) is 2.63. The molecule has 2 unspecified atom stereocenters. The van der Waals surface area contributed by atoms with Gasteiger partial charge in [-0.3, -0.25) is 0 Å². The third-order valence-electron chi connectivity index (χ3n) is 3.75. The molecule has 0 radical (unpaired) electrons. The Hall–Kier alpha value is -0.770. The van der Waals surface area contributed by atoms with Crippen LogP contribution in [0.3, 0.4) is 0 Å². The third-order valence-corrected chi connectivity index (χ3v) is 4.11. The molecule has 106 valence electrons. The van der Waals surface area contributed by atoms with E-state index < -0.39 is 0 Å². The van der Waals surface area contributed by atoms with Gasteiger partial charge in [-0.05, 0) is 30.9 Å². The van der Waals surface area contributed by atoms with Crippen LogP contribution in [-0.4, -0.2) is 26.4 Å². The van der Waals surface area contributed by atoms with E-state index >= 15 is 0 Å². The molecule has 0 amide bonds. The predicted octanol–water partition coefficient (Wildman–Crippen LogP) is 3.25. The first-order valence-electron chi connectivity index (χ1n) is 6.90. The van der Waals surface area contributed by atoms with Crippen molar-refractivity contribution in [2.45, 2.75) is 32.4 Å². The molecular formula is C15H22ClNO2. The first-order chi connectivity index (χ1) is 9.26. The van der Waals surface area contributed by atoms with Crippen molar-refractivity contribution >= 4 is 11.6 Å². The monoisotopic (exact) mass is 283 g/mol. The van der Waals surface area contributed by atoms with E-state index in [0.717, 1.165) is 48.9 Å². The van der Waals surface area contributed by atoms with Gasteiger partial charge in [0.2, 0.25) is 0 Å². The number of benzene rings is 1. The molecule has 1 aliphatic heterocycles. The van der Waals surface area contributed by atoms with Crippen molar-refractivity contribution in [2.24, 2.45) is 5.92 Å². The van der Waals surface area contributed by atoms with Crippen molar-refractivity contribution in [1.29, 1.82) is 0 Å². The number of ether oxygens (including phenoxy) is 2. The molecule has 0 spiro atoms. The minimum Gasteiger partial charge on any atom is -0.496 e. The quantitative estimate of drug-likeness (QED) is 0.869. The Bertz CT molecular complexity index is 411. The minimum absolute atomic E-state index is 0.403. The van der Waals surface area contributed by atoms with E-state index in [1.165, 1.54) is 0 Å². The Morgan fingerprint density at radius 2 is 2.32 bits per heavy atom. The first kappa shape index (κ1) is 14.6. The Morgan fingerprint density at radius 1 is 1.47 bits per heavy atom. The van der Waals surface area contributed by atoms with E-state index in [-0.39, 0.29) is 0 Å². The van der Waals surface area contributed by atoms with Gasteiger partial charge < -0.3 is 14.8 Å². The van der Waals surface area contributed by atoms with Crippen LogP contribution in [0.15, 0.2) is 18.2 Å². The average Bonchev–Trinajstić information content (AvgIpc) is 2.88. The highest BCUT2D eigenvalue weighted by atomic mass is 35.5. The molecule has 1 aromatic carbocycles. The zero-order chi connectivity index (χ0) is 13.7. The van der Waals surface area contributed by atoms with Gasteiger partial charge in [0.1, 0.15) is 5.75 Å². The highest BCUT2D eigenvalue weighted by molar-refractivity contribution is 6.31. The van der Waals surface area contributed by atoms with E-state index in [4.69, 9.17) is 21.1 Å². The topological polar surface area (TPSA) is 30.5 Å². The van der Waals surface area contributed by atoms with E-state index in [0.29, 0.717) is 12.0 Å². The second kappa shape index (κ2) is 7.13. The van der Waals surface area contributed by atoms with Crippen LogP contribution in [0, 0.1) is 5.92 Å². The summed E-state index contributed by atoms with van der Waals surface area (Å²) in [6.45, 7) is 4.77. The van der Waals surface area contributed by atoms with Gasteiger partial charge in [0.25, 0.3) is 0 Å². The number of methoxy groups -OCH3 is 1. The van der Waals surface area contributed by atoms with E-state index in [1.807, 2.05) is 18.2 Å². The SMILES string of the molecule is CCC1OCCC1CNCc1c(Cl)cccc1OC. The fourth-order valence-corrected chi connectivity index (χ4v) is 2.89. The molecule has 0 aromatic heterocycles. The second-order valence-electron chi connectivity index (χ2n) is 4.92. The summed E-state index contributed by atoms with van der Waals surface area (Å²) in [5, 5.41) is 4.23. The summed E-state index contributed by atoms with van der Waals surface area (Å²) >= 11 is 6.21. The molecule has 0 aliphatic carbocycles. The summed E-state index contributed by atoms with van der Waals surface area (Å²) in [5.74, 6) is 1.45. The molecule has 1 heterocycles. The van der Waals surface area contributed by atoms with Gasteiger partial charge in [-0.15, -0.1) is 0 Å². The summed E-state index contributed by atoms with van der Waals surface area (Å²) in [5.41, 5.74) is 1.03. The van der Waals surface area contributed by atoms with Crippen LogP contribution in [-0.2, 0) is 11.3 Å². The molecule has 1 saturated heterocycles. The molecule has 4 heteroatoms. The van der Waals surface area contributed by atoms with Gasteiger partial charge in [-0.2, -0.15) is 0 Å². The van der Waals surface area contributed by atoms with Crippen molar-refractivity contribution < 1.29 is 9.47 Å². The first-order valence-corrected chi connectivity index (χ1v) is 7.27. The molecule has 1 aromatic rings. The van der Waals surface area contributed by atoms with Gasteiger partial charge in [-0.25, -0.2) is 0 Å². The minimum atomic E-state index is 0.403. The molecule has 3 nitrogen and oxygen atoms in total. The Kier molecular flexibility index (Phi) is 5.49. The van der Waals surface area contributed by atoms with Crippen LogP contribution in [0.4, 0.5) is 0 Å². The molecule has 0 saturated carbocycles. The van der Waals surface area contributed by atoms with Crippen molar-refractivity contribution in [1.82, 2.24) is 5.32 Å². The van der Waals surface area contributed by atoms with Crippen LogP contribution in [0.5, 0.6) is 5.75 Å². The highest BCUT2D eigenvalue weighted by Gasteiger charge is 2.26. The lowest BCUT2D eigenvalue weighted by Crippen LogP contribution is -2.28. The number of hydrogen-bond acceptors (Lipinski definition) is 3.